The van der Waals surface area contributed by atoms with E-state index in [2.05, 4.69) is 52.3 Å². The van der Waals surface area contributed by atoms with Crippen LogP contribution in [-0.2, 0) is 0 Å². The summed E-state index contributed by atoms with van der Waals surface area (Å²) >= 11 is 0. The van der Waals surface area contributed by atoms with Gasteiger partial charge in [-0.3, -0.25) is 0 Å². The van der Waals surface area contributed by atoms with Crippen molar-refractivity contribution in [2.45, 2.75) is 6.92 Å². The molecule has 1 aliphatic rings. The fourth-order valence-corrected chi connectivity index (χ4v) is 4.99. The van der Waals surface area contributed by atoms with Gasteiger partial charge in [0.2, 0.25) is 0 Å². The molecule has 0 spiro atoms. The zero-order chi connectivity index (χ0) is 24.2. The van der Waals surface area contributed by atoms with Gasteiger partial charge in [0.05, 0.1) is 11.4 Å². The number of para-hydroxylation sites is 3. The average molecular weight is 469 g/mol. The van der Waals surface area contributed by atoms with Gasteiger partial charge in [0.25, 0.3) is 0 Å². The van der Waals surface area contributed by atoms with Crippen LogP contribution < -0.4 is 15.3 Å². The Kier molecular flexibility index (Phi) is 4.45. The average Bonchev–Trinajstić information content (AvgIpc) is 2.92. The van der Waals surface area contributed by atoms with Crippen molar-refractivity contribution >= 4 is 38.9 Å². The lowest BCUT2D eigenvalue weighted by Crippen LogP contribution is -2.15. The summed E-state index contributed by atoms with van der Waals surface area (Å²) in [7, 11) is 0. The monoisotopic (exact) mass is 468 g/mol. The predicted molar refractivity (Wildman–Crippen MR) is 143 cm³/mol. The molecule has 172 valence electrons. The lowest BCUT2D eigenvalue weighted by atomic mass is 9.99. The van der Waals surface area contributed by atoms with Crippen molar-refractivity contribution in [2.24, 2.45) is 0 Å². The molecule has 7 rings (SSSR count). The van der Waals surface area contributed by atoms with Crippen molar-refractivity contribution in [3.63, 3.8) is 0 Å². The van der Waals surface area contributed by atoms with Crippen LogP contribution in [0.3, 0.4) is 0 Å². The summed E-state index contributed by atoms with van der Waals surface area (Å²) in [5, 5.41) is 1.69. The van der Waals surface area contributed by atoms with Crippen LogP contribution in [0.25, 0.3) is 33.0 Å². The molecule has 0 radical (unpaired) electrons. The van der Waals surface area contributed by atoms with Gasteiger partial charge in [-0.15, -0.1) is 0 Å². The molecular weight excluding hydrogens is 448 g/mol. The molecule has 0 aliphatic carbocycles. The normalized spacial score (nSPS) is 12.3. The molecule has 0 saturated heterocycles. The van der Waals surface area contributed by atoms with Crippen molar-refractivity contribution < 1.29 is 9.15 Å². The summed E-state index contributed by atoms with van der Waals surface area (Å²) in [6.45, 7) is 1.98. The topological polar surface area (TPSA) is 55.6 Å². The quantitative estimate of drug-likeness (QED) is 0.191. The number of nitrogens with zero attached hydrogens (tertiary/aromatic N) is 2. The van der Waals surface area contributed by atoms with Gasteiger partial charge >= 0.3 is 5.63 Å². The molecule has 0 atom stereocenters. The Bertz CT molecular complexity index is 1860. The number of aryl methyl sites for hydroxylation is 1. The molecule has 1 aliphatic heterocycles. The largest absolute Gasteiger partial charge is 0.453 e. The highest BCUT2D eigenvalue weighted by Gasteiger charge is 2.26. The Hall–Kier alpha value is -4.90. The maximum absolute atomic E-state index is 12.5. The number of ether oxygens (including phenoxy) is 1. The summed E-state index contributed by atoms with van der Waals surface area (Å²) in [6.07, 6.45) is 1.64. The first-order valence-corrected chi connectivity index (χ1v) is 11.8. The van der Waals surface area contributed by atoms with Crippen molar-refractivity contribution in [1.29, 1.82) is 0 Å². The van der Waals surface area contributed by atoms with Crippen LogP contribution in [0.5, 0.6) is 11.5 Å². The summed E-state index contributed by atoms with van der Waals surface area (Å²) in [5.41, 5.74) is 6.50. The van der Waals surface area contributed by atoms with Crippen molar-refractivity contribution in [1.82, 2.24) is 4.98 Å². The first-order chi connectivity index (χ1) is 17.7. The minimum Gasteiger partial charge on any atom is -0.453 e. The van der Waals surface area contributed by atoms with E-state index in [4.69, 9.17) is 9.15 Å². The molecule has 2 aromatic heterocycles. The summed E-state index contributed by atoms with van der Waals surface area (Å²) in [5.74, 6) is 1.58. The molecule has 0 bridgehead atoms. The minimum absolute atomic E-state index is 0.350. The SMILES string of the molecule is Cc1ccnc2c(=O)oc3ccc(-c4ccc5c(c4)Oc4ccccc4N5c4ccccc4)cc3c12. The fourth-order valence-electron chi connectivity index (χ4n) is 4.99. The second-order valence-corrected chi connectivity index (χ2v) is 8.88. The molecule has 6 aromatic rings. The van der Waals surface area contributed by atoms with E-state index in [9.17, 15) is 4.79 Å². The van der Waals surface area contributed by atoms with Crippen LogP contribution in [0.15, 0.2) is 112 Å². The highest BCUT2D eigenvalue weighted by atomic mass is 16.5. The van der Waals surface area contributed by atoms with E-state index in [-0.39, 0.29) is 0 Å². The Morgan fingerprint density at radius 3 is 2.39 bits per heavy atom. The molecule has 3 heterocycles. The van der Waals surface area contributed by atoms with E-state index in [1.807, 2.05) is 61.5 Å². The third-order valence-corrected chi connectivity index (χ3v) is 6.68. The number of hydrogen-bond acceptors (Lipinski definition) is 5. The van der Waals surface area contributed by atoms with E-state index in [0.29, 0.717) is 11.1 Å². The van der Waals surface area contributed by atoms with Crippen LogP contribution in [0.4, 0.5) is 17.1 Å². The zero-order valence-electron chi connectivity index (χ0n) is 19.4. The summed E-state index contributed by atoms with van der Waals surface area (Å²) in [6, 6.07) is 32.4. The third-order valence-electron chi connectivity index (χ3n) is 6.68. The first-order valence-electron chi connectivity index (χ1n) is 11.8. The molecule has 0 N–H and O–H groups in total. The van der Waals surface area contributed by atoms with Crippen LogP contribution in [0, 0.1) is 6.92 Å². The van der Waals surface area contributed by atoms with E-state index in [1.165, 1.54) is 0 Å². The van der Waals surface area contributed by atoms with Gasteiger partial charge in [-0.1, -0.05) is 42.5 Å². The van der Waals surface area contributed by atoms with Crippen LogP contribution in [-0.4, -0.2) is 4.98 Å². The predicted octanol–water partition coefficient (Wildman–Crippen LogP) is 7.89. The second-order valence-electron chi connectivity index (χ2n) is 8.88. The van der Waals surface area contributed by atoms with Crippen molar-refractivity contribution in [2.75, 3.05) is 4.90 Å². The highest BCUT2D eigenvalue weighted by Crippen LogP contribution is 2.51. The summed E-state index contributed by atoms with van der Waals surface area (Å²) < 4.78 is 11.9. The summed E-state index contributed by atoms with van der Waals surface area (Å²) in [4.78, 5) is 19.0. The number of anilines is 3. The van der Waals surface area contributed by atoms with Gasteiger partial charge in [-0.05, 0) is 78.2 Å². The highest BCUT2D eigenvalue weighted by molar-refractivity contribution is 6.06. The lowest BCUT2D eigenvalue weighted by molar-refractivity contribution is 0.477. The van der Waals surface area contributed by atoms with E-state index < -0.39 is 5.63 Å². The first kappa shape index (κ1) is 20.5. The molecule has 5 heteroatoms. The van der Waals surface area contributed by atoms with Gasteiger partial charge in [0.15, 0.2) is 17.0 Å². The Labute approximate surface area is 206 Å². The molecule has 0 fully saturated rings. The number of rotatable bonds is 2. The van der Waals surface area contributed by atoms with Crippen LogP contribution in [0.2, 0.25) is 0 Å². The molecule has 0 saturated carbocycles. The minimum atomic E-state index is -0.421. The molecule has 0 unspecified atom stereocenters. The van der Waals surface area contributed by atoms with E-state index >= 15 is 0 Å². The van der Waals surface area contributed by atoms with Crippen molar-refractivity contribution in [3.05, 3.63) is 119 Å². The number of pyridine rings is 1. The van der Waals surface area contributed by atoms with E-state index in [1.54, 1.807) is 6.20 Å². The van der Waals surface area contributed by atoms with Gasteiger partial charge in [-0.2, -0.15) is 0 Å². The Morgan fingerprint density at radius 2 is 1.50 bits per heavy atom. The van der Waals surface area contributed by atoms with Crippen molar-refractivity contribution in [3.8, 4) is 22.6 Å². The Balaban J connectivity index is 1.41. The molecule has 36 heavy (non-hydrogen) atoms. The lowest BCUT2D eigenvalue weighted by Gasteiger charge is -2.33. The number of aromatic nitrogens is 1. The molecular formula is C31H20N2O3. The van der Waals surface area contributed by atoms with Crippen LogP contribution >= 0.6 is 0 Å². The van der Waals surface area contributed by atoms with Gasteiger partial charge in [0.1, 0.15) is 5.58 Å². The molecule has 0 amide bonds. The smallest absolute Gasteiger partial charge is 0.363 e. The number of fused-ring (bicyclic) bond motifs is 5. The van der Waals surface area contributed by atoms with Gasteiger partial charge < -0.3 is 14.1 Å². The van der Waals surface area contributed by atoms with Crippen LogP contribution in [0.1, 0.15) is 5.56 Å². The number of hydrogen-bond donors (Lipinski definition) is 0. The maximum atomic E-state index is 12.5. The second kappa shape index (κ2) is 7.82. The molecule has 5 nitrogen and oxygen atoms in total. The third kappa shape index (κ3) is 3.10. The fraction of sp³-hybridized carbons (Fsp3) is 0.0323. The maximum Gasteiger partial charge on any atom is 0.363 e. The van der Waals surface area contributed by atoms with Gasteiger partial charge in [0, 0.05) is 22.7 Å². The van der Waals surface area contributed by atoms with E-state index in [0.717, 1.165) is 56.0 Å². The van der Waals surface area contributed by atoms with Gasteiger partial charge in [-0.25, -0.2) is 9.78 Å². The zero-order valence-corrected chi connectivity index (χ0v) is 19.4. The molecule has 4 aromatic carbocycles. The Morgan fingerprint density at radius 1 is 0.750 bits per heavy atom. The standard InChI is InChI=1S/C31H20N2O3/c1-19-15-16-32-30-29(19)23-17-20(12-14-26(23)36-31(30)34)21-11-13-25-28(18-21)35-27-10-6-5-9-24(27)33(25)22-7-3-2-4-8-22/h2-18H,1H3. The number of benzene rings is 4.